The monoisotopic (exact) mass is 372 g/mol. The van der Waals surface area contributed by atoms with Gasteiger partial charge in [-0.1, -0.05) is 23.4 Å². The van der Waals surface area contributed by atoms with Gasteiger partial charge in [-0.15, -0.1) is 0 Å². The van der Waals surface area contributed by atoms with E-state index in [-0.39, 0.29) is 30.5 Å². The first kappa shape index (κ1) is 16.8. The highest BCUT2D eigenvalue weighted by Gasteiger charge is 2.34. The second-order valence-electron chi connectivity index (χ2n) is 5.73. The van der Waals surface area contributed by atoms with Gasteiger partial charge >= 0.3 is 0 Å². The average Bonchev–Trinajstić information content (AvgIpc) is 3.20. The highest BCUT2D eigenvalue weighted by atomic mass is 32.2. The van der Waals surface area contributed by atoms with Gasteiger partial charge in [0.05, 0.1) is 11.5 Å². The molecule has 0 amide bonds. The summed E-state index contributed by atoms with van der Waals surface area (Å²) in [7, 11) is -3.59. The molecule has 3 aromatic rings. The van der Waals surface area contributed by atoms with Crippen LogP contribution < -0.4 is 0 Å². The molecule has 0 N–H and O–H groups in total. The average molecular weight is 372 g/mol. The Bertz CT molecular complexity index is 976. The van der Waals surface area contributed by atoms with Crippen LogP contribution in [0.15, 0.2) is 64.3 Å². The molecule has 3 heterocycles. The van der Waals surface area contributed by atoms with E-state index in [0.29, 0.717) is 11.4 Å². The third-order valence-corrected chi connectivity index (χ3v) is 5.93. The molecular weight excluding hydrogens is 356 g/mol. The smallest absolute Gasteiger partial charge is 0.257 e. The summed E-state index contributed by atoms with van der Waals surface area (Å²) < 4.78 is 37.9. The number of rotatable bonds is 4. The quantitative estimate of drug-likeness (QED) is 0.690. The van der Waals surface area contributed by atoms with Crippen molar-refractivity contribution >= 4 is 10.0 Å². The minimum atomic E-state index is -3.59. The summed E-state index contributed by atoms with van der Waals surface area (Å²) in [6.07, 6.45) is 2.67. The van der Waals surface area contributed by atoms with Gasteiger partial charge in [-0.2, -0.15) is 9.29 Å². The van der Waals surface area contributed by atoms with Crippen LogP contribution in [0.4, 0.5) is 0 Å². The van der Waals surface area contributed by atoms with Crippen molar-refractivity contribution in [2.24, 2.45) is 0 Å². The zero-order valence-corrected chi connectivity index (χ0v) is 14.5. The van der Waals surface area contributed by atoms with Crippen molar-refractivity contribution in [3.05, 3.63) is 60.7 Å². The molecule has 0 radical (unpaired) electrons. The minimum Gasteiger partial charge on any atom is -0.366 e. The van der Waals surface area contributed by atoms with E-state index in [4.69, 9.17) is 9.26 Å². The van der Waals surface area contributed by atoms with Crippen LogP contribution >= 0.6 is 0 Å². The topological polar surface area (TPSA) is 98.4 Å². The van der Waals surface area contributed by atoms with E-state index in [1.165, 1.54) is 4.31 Å². The molecule has 0 spiro atoms. The normalized spacial score (nSPS) is 18.7. The van der Waals surface area contributed by atoms with Gasteiger partial charge in [-0.25, -0.2) is 8.42 Å². The Morgan fingerprint density at radius 3 is 2.73 bits per heavy atom. The van der Waals surface area contributed by atoms with Crippen LogP contribution in [-0.4, -0.2) is 47.5 Å². The summed E-state index contributed by atoms with van der Waals surface area (Å²) in [5, 5.41) is 3.93. The standard InChI is InChI=1S/C17H16N4O4S/c22-26(23,14-6-2-1-3-7-14)21-9-10-24-15(12-21)17-19-16(20-25-17)13-5-4-8-18-11-13/h1-8,11,15H,9-10,12H2/t15-/m1/s1. The maximum atomic E-state index is 12.8. The zero-order valence-electron chi connectivity index (χ0n) is 13.7. The first-order valence-corrected chi connectivity index (χ1v) is 9.49. The summed E-state index contributed by atoms with van der Waals surface area (Å²) in [4.78, 5) is 8.60. The molecule has 1 aromatic carbocycles. The number of morpholine rings is 1. The van der Waals surface area contributed by atoms with Crippen LogP contribution in [0.2, 0.25) is 0 Å². The van der Waals surface area contributed by atoms with Gasteiger partial charge in [0.15, 0.2) is 6.10 Å². The molecule has 0 saturated carbocycles. The number of hydrogen-bond donors (Lipinski definition) is 0. The minimum absolute atomic E-state index is 0.117. The Balaban J connectivity index is 1.55. The molecule has 9 heteroatoms. The highest BCUT2D eigenvalue weighted by molar-refractivity contribution is 7.89. The predicted octanol–water partition coefficient (Wildman–Crippen LogP) is 1.89. The summed E-state index contributed by atoms with van der Waals surface area (Å²) in [6.45, 7) is 0.643. The summed E-state index contributed by atoms with van der Waals surface area (Å²) >= 11 is 0. The summed E-state index contributed by atoms with van der Waals surface area (Å²) in [6, 6.07) is 11.9. The molecule has 134 valence electrons. The fourth-order valence-electron chi connectivity index (χ4n) is 2.71. The summed E-state index contributed by atoms with van der Waals surface area (Å²) in [5.74, 6) is 0.636. The Morgan fingerprint density at radius 2 is 1.96 bits per heavy atom. The van der Waals surface area contributed by atoms with Gasteiger partial charge in [0.25, 0.3) is 5.89 Å². The third-order valence-electron chi connectivity index (χ3n) is 4.05. The lowest BCUT2D eigenvalue weighted by Gasteiger charge is -2.30. The maximum Gasteiger partial charge on any atom is 0.257 e. The second kappa shape index (κ2) is 6.94. The highest BCUT2D eigenvalue weighted by Crippen LogP contribution is 2.27. The Kier molecular flexibility index (Phi) is 4.49. The number of hydrogen-bond acceptors (Lipinski definition) is 7. The van der Waals surface area contributed by atoms with E-state index < -0.39 is 16.1 Å². The third kappa shape index (κ3) is 3.24. The van der Waals surface area contributed by atoms with Crippen molar-refractivity contribution in [1.29, 1.82) is 0 Å². The van der Waals surface area contributed by atoms with Gasteiger partial charge in [-0.3, -0.25) is 4.98 Å². The van der Waals surface area contributed by atoms with E-state index in [9.17, 15) is 8.42 Å². The lowest BCUT2D eigenvalue weighted by atomic mass is 10.2. The first-order valence-electron chi connectivity index (χ1n) is 8.05. The van der Waals surface area contributed by atoms with Crippen molar-refractivity contribution < 1.29 is 17.7 Å². The fraction of sp³-hybridized carbons (Fsp3) is 0.235. The predicted molar refractivity (Wildman–Crippen MR) is 91.4 cm³/mol. The van der Waals surface area contributed by atoms with Crippen LogP contribution in [0.3, 0.4) is 0 Å². The number of ether oxygens (including phenoxy) is 1. The van der Waals surface area contributed by atoms with E-state index in [2.05, 4.69) is 15.1 Å². The van der Waals surface area contributed by atoms with Crippen molar-refractivity contribution in [3.8, 4) is 11.4 Å². The van der Waals surface area contributed by atoms with Gasteiger partial charge in [0.1, 0.15) is 0 Å². The molecule has 1 atom stereocenters. The van der Waals surface area contributed by atoms with Crippen LogP contribution in [0.1, 0.15) is 12.0 Å². The van der Waals surface area contributed by atoms with Crippen molar-refractivity contribution in [1.82, 2.24) is 19.4 Å². The fourth-order valence-corrected chi connectivity index (χ4v) is 4.16. The zero-order chi connectivity index (χ0) is 18.0. The molecular formula is C17H16N4O4S. The molecule has 26 heavy (non-hydrogen) atoms. The van der Waals surface area contributed by atoms with Gasteiger partial charge in [-0.05, 0) is 24.3 Å². The largest absolute Gasteiger partial charge is 0.366 e. The molecule has 8 nitrogen and oxygen atoms in total. The number of sulfonamides is 1. The first-order chi connectivity index (χ1) is 12.6. The van der Waals surface area contributed by atoms with E-state index in [0.717, 1.165) is 0 Å². The molecule has 2 aromatic heterocycles. The molecule has 0 bridgehead atoms. The number of pyridine rings is 1. The molecule has 1 fully saturated rings. The van der Waals surface area contributed by atoms with E-state index in [1.54, 1.807) is 48.8 Å². The molecule has 0 aliphatic carbocycles. The lowest BCUT2D eigenvalue weighted by molar-refractivity contribution is -0.0199. The van der Waals surface area contributed by atoms with Crippen molar-refractivity contribution in [3.63, 3.8) is 0 Å². The van der Waals surface area contributed by atoms with Crippen LogP contribution in [0, 0.1) is 0 Å². The Labute approximate surface area is 150 Å². The van der Waals surface area contributed by atoms with Crippen molar-refractivity contribution in [2.45, 2.75) is 11.0 Å². The van der Waals surface area contributed by atoms with Gasteiger partial charge in [0.2, 0.25) is 15.8 Å². The Hall–Kier alpha value is -2.62. The van der Waals surface area contributed by atoms with Crippen LogP contribution in [-0.2, 0) is 14.8 Å². The molecule has 1 aliphatic rings. The number of aromatic nitrogens is 3. The molecule has 1 aliphatic heterocycles. The number of nitrogens with zero attached hydrogens (tertiary/aromatic N) is 4. The van der Waals surface area contributed by atoms with Crippen LogP contribution in [0.5, 0.6) is 0 Å². The maximum absolute atomic E-state index is 12.8. The molecule has 4 rings (SSSR count). The lowest BCUT2D eigenvalue weighted by Crippen LogP contribution is -2.42. The summed E-state index contributed by atoms with van der Waals surface area (Å²) in [5.41, 5.74) is 0.715. The SMILES string of the molecule is O=S(=O)(c1ccccc1)N1CCO[C@@H](c2nc(-c3cccnc3)no2)C1. The van der Waals surface area contributed by atoms with E-state index in [1.807, 2.05) is 6.07 Å². The van der Waals surface area contributed by atoms with Crippen molar-refractivity contribution in [2.75, 3.05) is 19.7 Å². The van der Waals surface area contributed by atoms with Crippen LogP contribution in [0.25, 0.3) is 11.4 Å². The van der Waals surface area contributed by atoms with E-state index >= 15 is 0 Å². The van der Waals surface area contributed by atoms with Gasteiger partial charge in [0, 0.05) is 31.0 Å². The molecule has 1 saturated heterocycles. The second-order valence-corrected chi connectivity index (χ2v) is 7.67. The molecule has 0 unspecified atom stereocenters. The van der Waals surface area contributed by atoms with Gasteiger partial charge < -0.3 is 9.26 Å². The Morgan fingerprint density at radius 1 is 1.12 bits per heavy atom. The number of benzene rings is 1.